The maximum Gasteiger partial charge on any atom is 0.231 e. The highest BCUT2D eigenvalue weighted by atomic mass is 16.7. The lowest BCUT2D eigenvalue weighted by Gasteiger charge is -2.22. The molecule has 2 heterocycles. The first kappa shape index (κ1) is 24.4. The molecule has 6 nitrogen and oxygen atoms in total. The molecule has 1 aliphatic heterocycles. The van der Waals surface area contributed by atoms with Crippen LogP contribution in [0.3, 0.4) is 0 Å². The summed E-state index contributed by atoms with van der Waals surface area (Å²) in [6.07, 6.45) is 3.50. The van der Waals surface area contributed by atoms with Gasteiger partial charge < -0.3 is 18.9 Å². The molecule has 0 N–H and O–H groups in total. The number of rotatable bonds is 8. The fraction of sp³-hybridized carbons (Fsp3) is 0.467. The van der Waals surface area contributed by atoms with Gasteiger partial charge in [-0.15, -0.1) is 0 Å². The molecule has 0 saturated heterocycles. The molecule has 0 unspecified atom stereocenters. The van der Waals surface area contributed by atoms with Crippen molar-refractivity contribution in [2.24, 2.45) is 0 Å². The number of ether oxygens (including phenoxy) is 2. The number of aryl methyl sites for hydroxylation is 1. The van der Waals surface area contributed by atoms with Gasteiger partial charge in [0.15, 0.2) is 11.5 Å². The summed E-state index contributed by atoms with van der Waals surface area (Å²) in [6, 6.07) is 14.6. The van der Waals surface area contributed by atoms with E-state index in [1.54, 1.807) is 19.0 Å². The van der Waals surface area contributed by atoms with Crippen molar-refractivity contribution in [2.45, 2.75) is 70.3 Å². The number of carbonyl (C=O) groups is 2. The van der Waals surface area contributed by atoms with E-state index in [0.717, 1.165) is 59.3 Å². The van der Waals surface area contributed by atoms with E-state index in [0.29, 0.717) is 12.8 Å². The lowest BCUT2D eigenvalue weighted by molar-refractivity contribution is -0.128. The summed E-state index contributed by atoms with van der Waals surface area (Å²) in [5.74, 6) is 1.90. The Balaban J connectivity index is 1.37. The number of amides is 1. The topological polar surface area (TPSA) is 60.8 Å². The first-order chi connectivity index (χ1) is 17.1. The van der Waals surface area contributed by atoms with Gasteiger partial charge in [0.1, 0.15) is 5.78 Å². The van der Waals surface area contributed by atoms with Crippen LogP contribution >= 0.6 is 0 Å². The molecule has 0 bridgehead atoms. The van der Waals surface area contributed by atoms with Crippen LogP contribution in [0.15, 0.2) is 42.5 Å². The Kier molecular flexibility index (Phi) is 6.09. The number of nitrogens with zero attached hydrogens (tertiary/aromatic N) is 2. The highest BCUT2D eigenvalue weighted by Crippen LogP contribution is 2.51. The number of benzene rings is 2. The van der Waals surface area contributed by atoms with Crippen LogP contribution in [0.5, 0.6) is 11.5 Å². The molecule has 1 fully saturated rings. The van der Waals surface area contributed by atoms with Gasteiger partial charge in [0, 0.05) is 55.5 Å². The standard InChI is InChI=1S/C30H36N2O4/c1-29(2,3)26-17-21-15-20(8-10-23(21)32(26)14-6-7-28(34)31(4)5)16-27(33)30(12-13-30)22-9-11-24-25(18-22)36-19-35-24/h8-11,15,17-18H,6-7,12-14,16,19H2,1-5H3. The van der Waals surface area contributed by atoms with Crippen molar-refractivity contribution in [3.63, 3.8) is 0 Å². The average molecular weight is 489 g/mol. The molecule has 1 aliphatic carbocycles. The third-order valence-electron chi connectivity index (χ3n) is 7.58. The second kappa shape index (κ2) is 8.99. The van der Waals surface area contributed by atoms with Crippen molar-refractivity contribution in [1.29, 1.82) is 0 Å². The number of ketones is 1. The summed E-state index contributed by atoms with van der Waals surface area (Å²) in [4.78, 5) is 27.2. The minimum Gasteiger partial charge on any atom is -0.454 e. The Labute approximate surface area is 213 Å². The highest BCUT2D eigenvalue weighted by molar-refractivity contribution is 5.95. The number of Topliss-reactive ketones (excluding diaryl/α,β-unsaturated/α-hetero) is 1. The maximum absolute atomic E-state index is 13.5. The first-order valence-corrected chi connectivity index (χ1v) is 12.8. The van der Waals surface area contributed by atoms with Gasteiger partial charge in [-0.2, -0.15) is 0 Å². The molecule has 6 heteroatoms. The fourth-order valence-electron chi connectivity index (χ4n) is 5.31. The summed E-state index contributed by atoms with van der Waals surface area (Å²) < 4.78 is 13.3. The zero-order valence-electron chi connectivity index (χ0n) is 22.0. The molecule has 36 heavy (non-hydrogen) atoms. The highest BCUT2D eigenvalue weighted by Gasteiger charge is 2.50. The van der Waals surface area contributed by atoms with Gasteiger partial charge in [0.2, 0.25) is 12.7 Å². The van der Waals surface area contributed by atoms with Crippen LogP contribution in [0.4, 0.5) is 0 Å². The van der Waals surface area contributed by atoms with Crippen molar-refractivity contribution in [3.05, 3.63) is 59.3 Å². The quantitative estimate of drug-likeness (QED) is 0.427. The van der Waals surface area contributed by atoms with E-state index in [-0.39, 0.29) is 23.9 Å². The number of hydrogen-bond donors (Lipinski definition) is 0. The molecule has 0 atom stereocenters. The summed E-state index contributed by atoms with van der Waals surface area (Å²) in [7, 11) is 3.60. The Bertz CT molecular complexity index is 1320. The molecule has 1 saturated carbocycles. The number of carbonyl (C=O) groups excluding carboxylic acids is 2. The minimum absolute atomic E-state index is 0.0298. The second-order valence-electron chi connectivity index (χ2n) is 11.5. The van der Waals surface area contributed by atoms with Gasteiger partial charge in [-0.3, -0.25) is 9.59 Å². The Morgan fingerprint density at radius 1 is 1.00 bits per heavy atom. The number of hydrogen-bond acceptors (Lipinski definition) is 4. The molecule has 5 rings (SSSR count). The smallest absolute Gasteiger partial charge is 0.231 e. The predicted molar refractivity (Wildman–Crippen MR) is 141 cm³/mol. The van der Waals surface area contributed by atoms with Crippen LogP contribution in [-0.4, -0.2) is 42.0 Å². The van der Waals surface area contributed by atoms with Crippen LogP contribution in [-0.2, 0) is 33.4 Å². The van der Waals surface area contributed by atoms with Crippen LogP contribution in [0.1, 0.15) is 63.3 Å². The lowest BCUT2D eigenvalue weighted by Crippen LogP contribution is -2.22. The summed E-state index contributed by atoms with van der Waals surface area (Å²) >= 11 is 0. The van der Waals surface area contributed by atoms with E-state index >= 15 is 0 Å². The zero-order chi connectivity index (χ0) is 25.7. The molecule has 1 amide bonds. The second-order valence-corrected chi connectivity index (χ2v) is 11.5. The zero-order valence-corrected chi connectivity index (χ0v) is 22.0. The van der Waals surface area contributed by atoms with Crippen LogP contribution in [0.25, 0.3) is 10.9 Å². The molecule has 3 aromatic rings. The van der Waals surface area contributed by atoms with Gasteiger partial charge in [0.05, 0.1) is 5.41 Å². The Morgan fingerprint density at radius 2 is 1.75 bits per heavy atom. The predicted octanol–water partition coefficient (Wildman–Crippen LogP) is 5.38. The summed E-state index contributed by atoms with van der Waals surface area (Å²) in [5, 5.41) is 1.15. The van der Waals surface area contributed by atoms with E-state index in [4.69, 9.17) is 9.47 Å². The monoisotopic (exact) mass is 488 g/mol. The van der Waals surface area contributed by atoms with Gasteiger partial charge in [-0.05, 0) is 60.7 Å². The molecular formula is C30H36N2O4. The average Bonchev–Trinajstić information content (AvgIpc) is 3.36. The maximum atomic E-state index is 13.5. The van der Waals surface area contributed by atoms with Crippen molar-refractivity contribution in [1.82, 2.24) is 9.47 Å². The van der Waals surface area contributed by atoms with Crippen molar-refractivity contribution in [2.75, 3.05) is 20.9 Å². The first-order valence-electron chi connectivity index (χ1n) is 12.8. The van der Waals surface area contributed by atoms with E-state index in [1.165, 1.54) is 5.69 Å². The normalized spacial score (nSPS) is 15.8. The van der Waals surface area contributed by atoms with Crippen LogP contribution in [0, 0.1) is 0 Å². The van der Waals surface area contributed by atoms with Crippen molar-refractivity contribution < 1.29 is 19.1 Å². The SMILES string of the molecule is CN(C)C(=O)CCCn1c(C(C)(C)C)cc2cc(CC(=O)C3(c4ccc5c(c4)OCO5)CC3)ccc21. The molecule has 190 valence electrons. The largest absolute Gasteiger partial charge is 0.454 e. The van der Waals surface area contributed by atoms with E-state index in [2.05, 4.69) is 49.6 Å². The Hall–Kier alpha value is -3.28. The molecular weight excluding hydrogens is 452 g/mol. The number of fused-ring (bicyclic) bond motifs is 2. The van der Waals surface area contributed by atoms with Crippen molar-refractivity contribution in [3.8, 4) is 11.5 Å². The van der Waals surface area contributed by atoms with Crippen molar-refractivity contribution >= 4 is 22.6 Å². The lowest BCUT2D eigenvalue weighted by atomic mass is 9.87. The summed E-state index contributed by atoms with van der Waals surface area (Å²) in [6.45, 7) is 7.68. The van der Waals surface area contributed by atoms with Crippen LogP contribution < -0.4 is 9.47 Å². The fourth-order valence-corrected chi connectivity index (χ4v) is 5.31. The van der Waals surface area contributed by atoms with E-state index < -0.39 is 5.41 Å². The Morgan fingerprint density at radius 3 is 2.44 bits per heavy atom. The van der Waals surface area contributed by atoms with Gasteiger partial charge in [0.25, 0.3) is 0 Å². The summed E-state index contributed by atoms with van der Waals surface area (Å²) in [5.41, 5.74) is 4.05. The van der Waals surface area contributed by atoms with E-state index in [1.807, 2.05) is 18.2 Å². The molecule has 2 aromatic carbocycles. The van der Waals surface area contributed by atoms with Gasteiger partial charge >= 0.3 is 0 Å². The van der Waals surface area contributed by atoms with Gasteiger partial charge in [-0.25, -0.2) is 0 Å². The molecule has 1 aromatic heterocycles. The van der Waals surface area contributed by atoms with E-state index in [9.17, 15) is 9.59 Å². The minimum atomic E-state index is -0.405. The van der Waals surface area contributed by atoms with Crippen LogP contribution in [0.2, 0.25) is 0 Å². The molecule has 0 radical (unpaired) electrons. The van der Waals surface area contributed by atoms with Gasteiger partial charge in [-0.1, -0.05) is 32.9 Å². The molecule has 2 aliphatic rings. The third-order valence-corrected chi connectivity index (χ3v) is 7.58. The third kappa shape index (κ3) is 4.49. The molecule has 0 spiro atoms. The number of aromatic nitrogens is 1.